The van der Waals surface area contributed by atoms with Crippen LogP contribution in [0.15, 0.2) is 12.1 Å². The molecular formula is C15H15ClN2O2S2. The largest absolute Gasteiger partial charge is 0.365 e. The predicted octanol–water partition coefficient (Wildman–Crippen LogP) is 3.94. The molecule has 0 saturated heterocycles. The highest BCUT2D eigenvalue weighted by atomic mass is 35.5. The average Bonchev–Trinajstić information content (AvgIpc) is 3.01. The number of hydrogen-bond donors (Lipinski definition) is 2. The second-order valence-corrected chi connectivity index (χ2v) is 8.30. The van der Waals surface area contributed by atoms with Crippen LogP contribution in [-0.4, -0.2) is 11.8 Å². The molecule has 4 nitrogen and oxygen atoms in total. The van der Waals surface area contributed by atoms with Gasteiger partial charge in [-0.1, -0.05) is 18.5 Å². The van der Waals surface area contributed by atoms with E-state index in [-0.39, 0.29) is 5.91 Å². The highest BCUT2D eigenvalue weighted by molar-refractivity contribution is 7.18. The van der Waals surface area contributed by atoms with Gasteiger partial charge in [-0.25, -0.2) is 0 Å². The lowest BCUT2D eigenvalue weighted by Gasteiger charge is -2.18. The first-order valence-corrected chi connectivity index (χ1v) is 8.97. The normalized spacial score (nSPS) is 17.1. The highest BCUT2D eigenvalue weighted by Crippen LogP contribution is 2.39. The molecule has 1 unspecified atom stereocenters. The van der Waals surface area contributed by atoms with Crippen molar-refractivity contribution in [3.05, 3.63) is 37.4 Å². The number of amides is 2. The van der Waals surface area contributed by atoms with Crippen LogP contribution < -0.4 is 11.1 Å². The van der Waals surface area contributed by atoms with Gasteiger partial charge in [-0.05, 0) is 42.9 Å². The van der Waals surface area contributed by atoms with E-state index in [0.29, 0.717) is 25.7 Å². The molecule has 7 heteroatoms. The third-order valence-corrected chi connectivity index (χ3v) is 6.22. The van der Waals surface area contributed by atoms with E-state index in [1.165, 1.54) is 22.7 Å². The zero-order chi connectivity index (χ0) is 15.9. The number of nitrogens with two attached hydrogens (primary N) is 1. The van der Waals surface area contributed by atoms with E-state index in [9.17, 15) is 9.59 Å². The minimum atomic E-state index is -0.480. The van der Waals surface area contributed by atoms with E-state index < -0.39 is 5.91 Å². The SMILES string of the molecule is CC1CCc2sc(NC(=O)c3ccc(Cl)s3)c(C(N)=O)c2C1. The number of fused-ring (bicyclic) bond motifs is 1. The summed E-state index contributed by atoms with van der Waals surface area (Å²) in [4.78, 5) is 25.8. The van der Waals surface area contributed by atoms with Crippen molar-refractivity contribution in [3.63, 3.8) is 0 Å². The Kier molecular flexibility index (Phi) is 4.25. The van der Waals surface area contributed by atoms with E-state index in [1.54, 1.807) is 12.1 Å². The van der Waals surface area contributed by atoms with Gasteiger partial charge in [-0.3, -0.25) is 9.59 Å². The van der Waals surface area contributed by atoms with Gasteiger partial charge in [0.2, 0.25) is 0 Å². The lowest BCUT2D eigenvalue weighted by atomic mass is 9.87. The van der Waals surface area contributed by atoms with Crippen molar-refractivity contribution in [1.29, 1.82) is 0 Å². The minimum Gasteiger partial charge on any atom is -0.365 e. The molecule has 0 aliphatic heterocycles. The van der Waals surface area contributed by atoms with Gasteiger partial charge in [-0.2, -0.15) is 0 Å². The zero-order valence-corrected chi connectivity index (χ0v) is 14.3. The topological polar surface area (TPSA) is 72.2 Å². The van der Waals surface area contributed by atoms with E-state index in [2.05, 4.69) is 12.2 Å². The lowest BCUT2D eigenvalue weighted by molar-refractivity contribution is 0.1000. The van der Waals surface area contributed by atoms with E-state index in [4.69, 9.17) is 17.3 Å². The summed E-state index contributed by atoms with van der Waals surface area (Å²) in [5.74, 6) is -0.211. The molecule has 2 heterocycles. The number of nitrogens with one attached hydrogen (secondary N) is 1. The predicted molar refractivity (Wildman–Crippen MR) is 91.3 cm³/mol. The Labute approximate surface area is 141 Å². The first-order valence-electron chi connectivity index (χ1n) is 6.96. The van der Waals surface area contributed by atoms with Gasteiger partial charge in [0.15, 0.2) is 0 Å². The van der Waals surface area contributed by atoms with Crippen molar-refractivity contribution in [2.24, 2.45) is 11.7 Å². The second kappa shape index (κ2) is 6.02. The number of aryl methyl sites for hydroxylation is 1. The summed E-state index contributed by atoms with van der Waals surface area (Å²) in [6, 6.07) is 3.35. The van der Waals surface area contributed by atoms with Gasteiger partial charge >= 0.3 is 0 Å². The van der Waals surface area contributed by atoms with Gasteiger partial charge in [-0.15, -0.1) is 22.7 Å². The molecule has 3 N–H and O–H groups in total. The van der Waals surface area contributed by atoms with Crippen molar-refractivity contribution < 1.29 is 9.59 Å². The first-order chi connectivity index (χ1) is 10.5. The Morgan fingerprint density at radius 1 is 1.36 bits per heavy atom. The molecule has 0 saturated carbocycles. The Hall–Kier alpha value is -1.37. The summed E-state index contributed by atoms with van der Waals surface area (Å²) in [5.41, 5.74) is 7.03. The fourth-order valence-electron chi connectivity index (χ4n) is 2.71. The number of thiophene rings is 2. The highest BCUT2D eigenvalue weighted by Gasteiger charge is 2.27. The monoisotopic (exact) mass is 354 g/mol. The molecule has 0 aromatic carbocycles. The van der Waals surface area contributed by atoms with Gasteiger partial charge < -0.3 is 11.1 Å². The summed E-state index contributed by atoms with van der Waals surface area (Å²) in [5, 5.41) is 3.38. The maximum Gasteiger partial charge on any atom is 0.266 e. The summed E-state index contributed by atoms with van der Waals surface area (Å²) in [7, 11) is 0. The average molecular weight is 355 g/mol. The van der Waals surface area contributed by atoms with Crippen LogP contribution in [-0.2, 0) is 12.8 Å². The summed E-state index contributed by atoms with van der Waals surface area (Å²) < 4.78 is 0.555. The molecule has 3 rings (SSSR count). The third-order valence-electron chi connectivity index (χ3n) is 3.78. The van der Waals surface area contributed by atoms with E-state index in [1.807, 2.05) is 0 Å². The fourth-order valence-corrected chi connectivity index (χ4v) is 4.89. The molecule has 0 radical (unpaired) electrons. The van der Waals surface area contributed by atoms with Crippen LogP contribution in [0.25, 0.3) is 0 Å². The van der Waals surface area contributed by atoms with Gasteiger partial charge in [0, 0.05) is 4.88 Å². The summed E-state index contributed by atoms with van der Waals surface area (Å²) >= 11 is 8.52. The number of carbonyl (C=O) groups excluding carboxylic acids is 2. The molecule has 0 spiro atoms. The third kappa shape index (κ3) is 2.91. The molecule has 0 fully saturated rings. The minimum absolute atomic E-state index is 0.258. The maximum atomic E-state index is 12.3. The molecule has 2 aromatic rings. The lowest BCUT2D eigenvalue weighted by Crippen LogP contribution is -2.19. The molecule has 116 valence electrons. The number of halogens is 1. The Bertz CT molecular complexity index is 751. The molecule has 22 heavy (non-hydrogen) atoms. The molecule has 2 amide bonds. The Balaban J connectivity index is 1.93. The first kappa shape index (κ1) is 15.5. The maximum absolute atomic E-state index is 12.3. The fraction of sp³-hybridized carbons (Fsp3) is 0.333. The molecule has 1 aliphatic rings. The molecule has 1 atom stereocenters. The van der Waals surface area contributed by atoms with Crippen LogP contribution in [0.3, 0.4) is 0 Å². The van der Waals surface area contributed by atoms with Crippen LogP contribution in [0.5, 0.6) is 0 Å². The van der Waals surface area contributed by atoms with Gasteiger partial charge in [0.25, 0.3) is 11.8 Å². The number of rotatable bonds is 3. The van der Waals surface area contributed by atoms with Crippen molar-refractivity contribution in [1.82, 2.24) is 0 Å². The second-order valence-electron chi connectivity index (χ2n) is 5.48. The van der Waals surface area contributed by atoms with Crippen LogP contribution in [0.4, 0.5) is 5.00 Å². The molecule has 0 bridgehead atoms. The number of primary amides is 1. The quantitative estimate of drug-likeness (QED) is 0.876. The van der Waals surface area contributed by atoms with Crippen LogP contribution in [0, 0.1) is 5.92 Å². The summed E-state index contributed by atoms with van der Waals surface area (Å²) in [6.07, 6.45) is 2.87. The summed E-state index contributed by atoms with van der Waals surface area (Å²) in [6.45, 7) is 2.16. The van der Waals surface area contributed by atoms with Crippen molar-refractivity contribution in [2.45, 2.75) is 26.2 Å². The Morgan fingerprint density at radius 2 is 2.14 bits per heavy atom. The van der Waals surface area contributed by atoms with Crippen LogP contribution in [0.1, 0.15) is 43.8 Å². The van der Waals surface area contributed by atoms with Crippen LogP contribution >= 0.6 is 34.3 Å². The molecular weight excluding hydrogens is 340 g/mol. The number of carbonyl (C=O) groups is 2. The van der Waals surface area contributed by atoms with E-state index in [0.717, 1.165) is 29.7 Å². The van der Waals surface area contributed by atoms with Gasteiger partial charge in [0.1, 0.15) is 5.00 Å². The number of anilines is 1. The smallest absolute Gasteiger partial charge is 0.266 e. The molecule has 2 aromatic heterocycles. The zero-order valence-electron chi connectivity index (χ0n) is 11.9. The van der Waals surface area contributed by atoms with Gasteiger partial charge in [0.05, 0.1) is 14.8 Å². The standard InChI is InChI=1S/C15H15ClN2O2S2/c1-7-2-3-9-8(6-7)12(13(17)19)15(22-9)18-14(20)10-4-5-11(16)21-10/h4-5,7H,2-3,6H2,1H3,(H2,17,19)(H,18,20). The Morgan fingerprint density at radius 3 is 2.77 bits per heavy atom. The van der Waals surface area contributed by atoms with Crippen molar-refractivity contribution >= 4 is 51.1 Å². The van der Waals surface area contributed by atoms with Crippen molar-refractivity contribution in [2.75, 3.05) is 5.32 Å². The van der Waals surface area contributed by atoms with Crippen molar-refractivity contribution in [3.8, 4) is 0 Å². The van der Waals surface area contributed by atoms with Crippen LogP contribution in [0.2, 0.25) is 4.34 Å². The molecule has 1 aliphatic carbocycles. The van der Waals surface area contributed by atoms with E-state index >= 15 is 0 Å². The number of hydrogen-bond acceptors (Lipinski definition) is 4.